The Balaban J connectivity index is 0.000000216. The van der Waals surface area contributed by atoms with Gasteiger partial charge < -0.3 is 27.4 Å². The monoisotopic (exact) mass is 1350 g/mol. The average Bonchev–Trinajstić information content (AvgIpc) is 1.85. The summed E-state index contributed by atoms with van der Waals surface area (Å²) >= 11 is 14.1. The number of primary amides is 2. The quantitative estimate of drug-likeness (QED) is 0.0976. The second kappa shape index (κ2) is 34.1. The Morgan fingerprint density at radius 2 is 0.967 bits per heavy atom. The summed E-state index contributed by atoms with van der Waals surface area (Å²) in [6, 6.07) is 11.6. The number of aryl methyl sites for hydroxylation is 3. The molecule has 0 saturated carbocycles. The van der Waals surface area contributed by atoms with Gasteiger partial charge >= 0.3 is 6.03 Å². The van der Waals surface area contributed by atoms with Crippen LogP contribution >= 0.6 is 57.2 Å². The van der Waals surface area contributed by atoms with Crippen LogP contribution < -0.4 is 22.5 Å². The summed E-state index contributed by atoms with van der Waals surface area (Å²) in [5, 5.41) is 5.37. The van der Waals surface area contributed by atoms with Gasteiger partial charge in [-0.25, -0.2) is 34.7 Å². The van der Waals surface area contributed by atoms with Gasteiger partial charge in [0, 0.05) is 95.6 Å². The highest BCUT2D eigenvalue weighted by molar-refractivity contribution is 7.19. The van der Waals surface area contributed by atoms with Gasteiger partial charge in [-0.2, -0.15) is 0 Å². The van der Waals surface area contributed by atoms with Gasteiger partial charge in [-0.05, 0) is 106 Å². The molecule has 22 nitrogen and oxygen atoms in total. The van der Waals surface area contributed by atoms with Crippen molar-refractivity contribution in [2.45, 2.75) is 157 Å². The summed E-state index contributed by atoms with van der Waals surface area (Å²) in [5.74, 6) is -0.759. The lowest BCUT2D eigenvalue weighted by Crippen LogP contribution is -2.44. The van der Waals surface area contributed by atoms with E-state index in [2.05, 4.69) is 131 Å². The van der Waals surface area contributed by atoms with E-state index in [9.17, 15) is 24.0 Å². The molecular formula is C65H85Cl2N17O5S3. The fourth-order valence-electron chi connectivity index (χ4n) is 9.25. The van der Waals surface area contributed by atoms with E-state index in [0.29, 0.717) is 18.1 Å². The number of nitrogens with one attached hydrogen (secondary N) is 1. The third-order valence-electron chi connectivity index (χ3n) is 14.0. The van der Waals surface area contributed by atoms with Gasteiger partial charge in [0.05, 0.1) is 55.9 Å². The van der Waals surface area contributed by atoms with Gasteiger partial charge in [-0.1, -0.05) is 81.1 Å². The minimum absolute atomic E-state index is 0. The van der Waals surface area contributed by atoms with E-state index in [0.717, 1.165) is 101 Å². The standard InChI is InChI=1S/C20H26N4O2S.C18H20N4OS.C13H17N3S.C7H6N4O.C5H10N2O.CH2Cl2.CH4/c1-12-18(13-7-8-22-15(10-13)20(2,3)4)27-16(23-12)11-17(25)24-9-5-6-14(24)19(21)26;1-12-17(13-5-6-20-14(9-13)18(2,3)4)24-15(21-12)10-16(23)22-8-7-19-11-22;1-8-11(17-12(14)16-8)9-5-6-15-10(7-9)13(2,3)4;12-7(10-3-1-8-5-10)11-4-2-9-6-11;6-5(8)4-2-1-3-7-4;2-1-3;/h7-8,10,14H,5-6,9,11H2,1-4H3,(H2,21,26);5-9,11H,10H2,1-4H3;5-7H,1-4H3,(H2,14,16);1-6H;4,7H,1-3H2,(H2,6,8);1H2;1H4/t14-;;;;4-;;/m0...0../s1. The molecule has 92 heavy (non-hydrogen) atoms. The first-order valence-corrected chi connectivity index (χ1v) is 32.8. The van der Waals surface area contributed by atoms with E-state index >= 15 is 0 Å². The first-order chi connectivity index (χ1) is 43.0. The summed E-state index contributed by atoms with van der Waals surface area (Å²) in [4.78, 5) is 101. The molecule has 0 aliphatic carbocycles. The number of nitrogen functional groups attached to an aromatic ring is 1. The maximum atomic E-state index is 12.6. The van der Waals surface area contributed by atoms with Gasteiger partial charge in [0.15, 0.2) is 5.13 Å². The van der Waals surface area contributed by atoms with Crippen molar-refractivity contribution in [3.05, 3.63) is 155 Å². The zero-order valence-corrected chi connectivity index (χ0v) is 57.4. The first kappa shape index (κ1) is 74.8. The van der Waals surface area contributed by atoms with Gasteiger partial charge in [0.25, 0.3) is 0 Å². The highest BCUT2D eigenvalue weighted by atomic mass is 35.5. The number of carbonyl (C=O) groups excluding carboxylic acids is 5. The third kappa shape index (κ3) is 21.6. The molecule has 2 aliphatic heterocycles. The van der Waals surface area contributed by atoms with Gasteiger partial charge in [-0.3, -0.25) is 47.8 Å². The van der Waals surface area contributed by atoms with Crippen LogP contribution in [-0.4, -0.2) is 124 Å². The number of hydrogen-bond donors (Lipinski definition) is 4. The van der Waals surface area contributed by atoms with Crippen LogP contribution in [0.3, 0.4) is 0 Å². The summed E-state index contributed by atoms with van der Waals surface area (Å²) in [6.45, 7) is 26.8. The van der Waals surface area contributed by atoms with Crippen LogP contribution in [0.25, 0.3) is 31.3 Å². The van der Waals surface area contributed by atoms with Crippen molar-refractivity contribution < 1.29 is 24.0 Å². The van der Waals surface area contributed by atoms with Crippen molar-refractivity contribution in [3.63, 3.8) is 0 Å². The van der Waals surface area contributed by atoms with Crippen LogP contribution in [0.5, 0.6) is 0 Å². The number of nitrogens with two attached hydrogens (primary N) is 3. The molecule has 27 heteroatoms. The van der Waals surface area contributed by atoms with Crippen molar-refractivity contribution in [3.8, 4) is 31.3 Å². The molecular weight excluding hydrogens is 1270 g/mol. The molecule has 2 saturated heterocycles. The minimum Gasteiger partial charge on any atom is -0.375 e. The number of alkyl halides is 2. The Kier molecular flexibility index (Phi) is 27.7. The Morgan fingerprint density at radius 3 is 1.30 bits per heavy atom. The van der Waals surface area contributed by atoms with E-state index in [1.165, 1.54) is 55.4 Å². The fraction of sp³-hybridized carbons (Fsp3) is 0.415. The highest BCUT2D eigenvalue weighted by Gasteiger charge is 2.33. The predicted octanol–water partition coefficient (Wildman–Crippen LogP) is 12.0. The first-order valence-electron chi connectivity index (χ1n) is 29.3. The van der Waals surface area contributed by atoms with Gasteiger partial charge in [-0.15, -0.1) is 45.9 Å². The number of aromatic nitrogens is 12. The minimum atomic E-state index is -0.479. The average molecular weight is 1350 g/mol. The number of rotatable bonds is 9. The molecule has 2 atom stereocenters. The van der Waals surface area contributed by atoms with Crippen molar-refractivity contribution in [2.24, 2.45) is 11.5 Å². The molecule has 492 valence electrons. The van der Waals surface area contributed by atoms with Crippen LogP contribution in [0.15, 0.2) is 111 Å². The number of carbonyl (C=O) groups is 5. The maximum absolute atomic E-state index is 12.6. The van der Waals surface area contributed by atoms with Gasteiger partial charge in [0.2, 0.25) is 23.6 Å². The number of hydrogen-bond acceptors (Lipinski definition) is 19. The van der Waals surface area contributed by atoms with E-state index < -0.39 is 11.9 Å². The smallest absolute Gasteiger partial charge is 0.338 e. The van der Waals surface area contributed by atoms with E-state index in [-0.39, 0.29) is 71.6 Å². The molecule has 0 spiro atoms. The third-order valence-corrected chi connectivity index (χ3v) is 17.5. The number of pyridine rings is 3. The zero-order valence-electron chi connectivity index (χ0n) is 53.5. The largest absolute Gasteiger partial charge is 0.375 e. The number of thiazole rings is 3. The van der Waals surface area contributed by atoms with Crippen LogP contribution in [-0.2, 0) is 43.5 Å². The molecule has 9 aromatic heterocycles. The van der Waals surface area contributed by atoms with Crippen molar-refractivity contribution in [1.82, 2.24) is 68.8 Å². The lowest BCUT2D eigenvalue weighted by atomic mass is 9.90. The molecule has 3 amide bonds. The molecule has 2 aliphatic rings. The zero-order chi connectivity index (χ0) is 66.8. The molecule has 7 N–H and O–H groups in total. The molecule has 11 heterocycles. The Bertz CT molecular complexity index is 3780. The summed E-state index contributed by atoms with van der Waals surface area (Å²) in [6.07, 6.45) is 23.4. The van der Waals surface area contributed by atoms with Gasteiger partial charge in [0.1, 0.15) is 35.0 Å². The number of nitrogens with zero attached hydrogens (tertiary/aromatic N) is 13. The van der Waals surface area contributed by atoms with Crippen molar-refractivity contribution >= 4 is 92.0 Å². The number of anilines is 1. The second-order valence-electron chi connectivity index (χ2n) is 24.3. The predicted molar refractivity (Wildman–Crippen MR) is 369 cm³/mol. The van der Waals surface area contributed by atoms with E-state index in [4.69, 9.17) is 40.4 Å². The number of likely N-dealkylation sites (tertiary alicyclic amines) is 1. The lowest BCUT2D eigenvalue weighted by Gasteiger charge is -2.21. The Labute approximate surface area is 560 Å². The molecule has 2 fully saturated rings. The van der Waals surface area contributed by atoms with Crippen molar-refractivity contribution in [1.29, 1.82) is 0 Å². The summed E-state index contributed by atoms with van der Waals surface area (Å²) < 4.78 is 4.24. The normalized spacial score (nSPS) is 14.3. The Morgan fingerprint density at radius 1 is 0.565 bits per heavy atom. The SMILES string of the molecule is C.Cc1nc(CC(=O)N2CCC[C@H]2C(N)=O)sc1-c1ccnc(C(C)(C)C)c1.Cc1nc(CC(=O)n2ccnc2)sc1-c1ccnc(C(C)(C)C)c1.Cc1nc(N)sc1-c1ccnc(C(C)(C)C)c1.ClCCl.NC(=O)[C@@H]1CCCN1.O=C(n1ccnc1)n1ccnc1. The summed E-state index contributed by atoms with van der Waals surface area (Å²) in [5.41, 5.74) is 25.5. The summed E-state index contributed by atoms with van der Waals surface area (Å²) in [7, 11) is 0. The lowest BCUT2D eigenvalue weighted by molar-refractivity contribution is -0.136. The van der Waals surface area contributed by atoms with Crippen LogP contribution in [0.1, 0.15) is 144 Å². The van der Waals surface area contributed by atoms with E-state index in [1.807, 2.05) is 57.6 Å². The number of imidazole rings is 3. The second-order valence-corrected chi connectivity index (χ2v) is 28.3. The Hall–Kier alpha value is -7.94. The molecule has 0 radical (unpaired) electrons. The highest BCUT2D eigenvalue weighted by Crippen LogP contribution is 2.36. The van der Waals surface area contributed by atoms with Crippen molar-refractivity contribution in [2.75, 3.05) is 24.2 Å². The topological polar surface area (TPSA) is 309 Å². The fourth-order valence-corrected chi connectivity index (χ4v) is 12.2. The molecule has 0 aromatic carbocycles. The molecule has 9 aromatic rings. The van der Waals surface area contributed by atoms with Crippen LogP contribution in [0.4, 0.5) is 9.93 Å². The molecule has 11 rings (SSSR count). The molecule has 0 unspecified atom stereocenters. The number of amides is 3. The van der Waals surface area contributed by atoms with E-state index in [1.54, 1.807) is 53.4 Å². The maximum Gasteiger partial charge on any atom is 0.338 e. The number of halogens is 2. The molecule has 0 bridgehead atoms. The van der Waals surface area contributed by atoms with Crippen LogP contribution in [0, 0.1) is 20.8 Å². The van der Waals surface area contributed by atoms with Crippen LogP contribution in [0.2, 0.25) is 0 Å².